The lowest BCUT2D eigenvalue weighted by Gasteiger charge is -2.36. The fraction of sp³-hybridized carbons (Fsp3) is 0.567. The van der Waals surface area contributed by atoms with Crippen molar-refractivity contribution < 1.29 is 19.2 Å². The maximum atomic E-state index is 13.1. The molecule has 0 bridgehead atoms. The van der Waals surface area contributed by atoms with E-state index in [9.17, 15) is 19.2 Å². The van der Waals surface area contributed by atoms with Crippen molar-refractivity contribution >= 4 is 29.3 Å². The van der Waals surface area contributed by atoms with E-state index in [0.717, 1.165) is 36.5 Å². The van der Waals surface area contributed by atoms with E-state index in [2.05, 4.69) is 33.5 Å². The van der Waals surface area contributed by atoms with Crippen LogP contribution in [0.15, 0.2) is 24.4 Å². The predicted molar refractivity (Wildman–Crippen MR) is 147 cm³/mol. The van der Waals surface area contributed by atoms with Gasteiger partial charge < -0.3 is 10.2 Å². The van der Waals surface area contributed by atoms with Crippen LogP contribution in [0.25, 0.3) is 0 Å². The first-order chi connectivity index (χ1) is 19.4. The number of carbonyl (C=O) groups is 4. The molecule has 10 nitrogen and oxygen atoms in total. The van der Waals surface area contributed by atoms with Crippen LogP contribution in [0.4, 0.5) is 5.69 Å². The first kappa shape index (κ1) is 25.4. The van der Waals surface area contributed by atoms with Gasteiger partial charge in [-0.05, 0) is 88.2 Å². The predicted octanol–water partition coefficient (Wildman–Crippen LogP) is 3.03. The molecular formula is C30H36N6O4. The van der Waals surface area contributed by atoms with Gasteiger partial charge in [-0.2, -0.15) is 5.10 Å². The summed E-state index contributed by atoms with van der Waals surface area (Å²) in [6.07, 6.45) is 9.79. The molecule has 1 aromatic carbocycles. The molecule has 0 spiro atoms. The van der Waals surface area contributed by atoms with Gasteiger partial charge in [0.2, 0.25) is 11.8 Å². The first-order valence-electron chi connectivity index (χ1n) is 14.7. The summed E-state index contributed by atoms with van der Waals surface area (Å²) in [5.74, 6) is -0.172. The second kappa shape index (κ2) is 9.83. The molecule has 2 aliphatic carbocycles. The lowest BCUT2D eigenvalue weighted by atomic mass is 9.80. The fourth-order valence-corrected chi connectivity index (χ4v) is 6.94. The van der Waals surface area contributed by atoms with E-state index in [1.807, 2.05) is 6.07 Å². The molecular weight excluding hydrogens is 508 g/mol. The van der Waals surface area contributed by atoms with E-state index in [1.54, 1.807) is 12.1 Å². The smallest absolute Gasteiger partial charge is 0.262 e. The van der Waals surface area contributed by atoms with E-state index in [4.69, 9.17) is 5.10 Å². The number of hydrogen-bond acceptors (Lipinski definition) is 7. The SMILES string of the molecule is CN1CCCC(c2cn(C3CC(CNc4ccc5c(c4)C(=O)N(C4CCC(=O)NC4=O)C5=O)C3)nc2C2CC2)C1. The number of likely N-dealkylation sites (N-methyl/N-ethyl adjacent to an activating group) is 1. The summed E-state index contributed by atoms with van der Waals surface area (Å²) in [6, 6.07) is 4.66. The third-order valence-electron chi connectivity index (χ3n) is 9.44. The van der Waals surface area contributed by atoms with Gasteiger partial charge in [-0.1, -0.05) is 0 Å². The Kier molecular flexibility index (Phi) is 6.25. The molecule has 2 aromatic rings. The minimum atomic E-state index is -0.948. The number of aromatic nitrogens is 2. The molecule has 2 saturated carbocycles. The van der Waals surface area contributed by atoms with Crippen molar-refractivity contribution in [1.29, 1.82) is 0 Å². The van der Waals surface area contributed by atoms with E-state index in [0.29, 0.717) is 34.9 Å². The number of hydrogen-bond donors (Lipinski definition) is 2. The summed E-state index contributed by atoms with van der Waals surface area (Å²) in [6.45, 7) is 3.10. The van der Waals surface area contributed by atoms with Crippen LogP contribution in [0.3, 0.4) is 0 Å². The van der Waals surface area contributed by atoms with Gasteiger partial charge in [0.1, 0.15) is 6.04 Å². The Labute approximate surface area is 233 Å². The monoisotopic (exact) mass is 544 g/mol. The summed E-state index contributed by atoms with van der Waals surface area (Å²) in [5.41, 5.74) is 4.22. The van der Waals surface area contributed by atoms with Gasteiger partial charge in [0.25, 0.3) is 11.8 Å². The second-order valence-corrected chi connectivity index (χ2v) is 12.4. The normalized spacial score (nSPS) is 28.9. The van der Waals surface area contributed by atoms with E-state index < -0.39 is 23.8 Å². The summed E-state index contributed by atoms with van der Waals surface area (Å²) in [7, 11) is 2.22. The van der Waals surface area contributed by atoms with E-state index in [1.165, 1.54) is 43.5 Å². The topological polar surface area (TPSA) is 117 Å². The average molecular weight is 545 g/mol. The zero-order valence-electron chi connectivity index (χ0n) is 22.9. The standard InChI is InChI=1S/C30H36N6O4/c1-34-10-2-3-19(15-34)24-16-35(33-27(24)18-4-5-18)21-11-17(12-21)14-31-20-6-7-22-23(13-20)30(40)36(29(22)39)25-8-9-26(37)32-28(25)38/h6-7,13,16-19,21,25,31H,2-5,8-12,14-15H2,1H3,(H,32,37,38). The third kappa shape index (κ3) is 4.52. The van der Waals surface area contributed by atoms with E-state index in [-0.39, 0.29) is 18.7 Å². The molecule has 3 aliphatic heterocycles. The molecule has 4 amide bonds. The lowest BCUT2D eigenvalue weighted by Crippen LogP contribution is -2.54. The molecule has 0 radical (unpaired) electrons. The van der Waals surface area contributed by atoms with Crippen molar-refractivity contribution in [3.05, 3.63) is 46.8 Å². The Morgan fingerprint density at radius 3 is 2.55 bits per heavy atom. The number of nitrogens with one attached hydrogen (secondary N) is 2. The molecule has 10 heteroatoms. The number of nitrogens with zero attached hydrogens (tertiary/aromatic N) is 4. The number of amides is 4. The minimum Gasteiger partial charge on any atom is -0.385 e. The van der Waals surface area contributed by atoms with Crippen LogP contribution in [0.5, 0.6) is 0 Å². The highest BCUT2D eigenvalue weighted by Gasteiger charge is 2.45. The third-order valence-corrected chi connectivity index (χ3v) is 9.44. The van der Waals surface area contributed by atoms with Crippen molar-refractivity contribution in [3.8, 4) is 0 Å². The van der Waals surface area contributed by atoms with Crippen molar-refractivity contribution in [1.82, 2.24) is 24.9 Å². The Balaban J connectivity index is 0.970. The second-order valence-electron chi connectivity index (χ2n) is 12.4. The van der Waals surface area contributed by atoms with Gasteiger partial charge in [-0.25, -0.2) is 0 Å². The van der Waals surface area contributed by atoms with Gasteiger partial charge in [0.15, 0.2) is 0 Å². The van der Waals surface area contributed by atoms with Crippen molar-refractivity contribution in [3.63, 3.8) is 0 Å². The van der Waals surface area contributed by atoms with Gasteiger partial charge in [0, 0.05) is 43.2 Å². The van der Waals surface area contributed by atoms with Crippen LogP contribution in [0, 0.1) is 5.92 Å². The Morgan fingerprint density at radius 2 is 1.80 bits per heavy atom. The Hall–Kier alpha value is -3.53. The summed E-state index contributed by atoms with van der Waals surface area (Å²) < 4.78 is 2.25. The molecule has 7 rings (SSSR count). The quantitative estimate of drug-likeness (QED) is 0.515. The average Bonchev–Trinajstić information content (AvgIpc) is 3.62. The molecule has 2 saturated heterocycles. The number of likely N-dealkylation sites (tertiary alicyclic amines) is 1. The van der Waals surface area contributed by atoms with E-state index >= 15 is 0 Å². The molecule has 4 heterocycles. The highest BCUT2D eigenvalue weighted by Crippen LogP contribution is 2.46. The number of carbonyl (C=O) groups excluding carboxylic acids is 4. The Morgan fingerprint density at radius 1 is 1.00 bits per heavy atom. The zero-order chi connectivity index (χ0) is 27.5. The molecule has 2 atom stereocenters. The van der Waals surface area contributed by atoms with Crippen LogP contribution in [-0.4, -0.2) is 75.9 Å². The fourth-order valence-electron chi connectivity index (χ4n) is 6.94. The lowest BCUT2D eigenvalue weighted by molar-refractivity contribution is -0.136. The molecule has 40 heavy (non-hydrogen) atoms. The van der Waals surface area contributed by atoms with Crippen LogP contribution in [-0.2, 0) is 9.59 Å². The summed E-state index contributed by atoms with van der Waals surface area (Å²) in [4.78, 5) is 53.3. The highest BCUT2D eigenvalue weighted by atomic mass is 16.2. The number of fused-ring (bicyclic) bond motifs is 1. The number of rotatable bonds is 7. The summed E-state index contributed by atoms with van der Waals surface area (Å²) in [5, 5.41) is 10.8. The molecule has 5 aliphatic rings. The van der Waals surface area contributed by atoms with Crippen LogP contribution < -0.4 is 10.6 Å². The largest absolute Gasteiger partial charge is 0.385 e. The van der Waals surface area contributed by atoms with Crippen molar-refractivity contribution in [2.75, 3.05) is 32.0 Å². The maximum absolute atomic E-state index is 13.1. The number of piperidine rings is 2. The number of imide groups is 2. The van der Waals surface area contributed by atoms with Gasteiger partial charge in [0.05, 0.1) is 22.9 Å². The molecule has 4 fully saturated rings. The number of anilines is 1. The van der Waals surface area contributed by atoms with Gasteiger partial charge in [-0.15, -0.1) is 0 Å². The van der Waals surface area contributed by atoms with Crippen molar-refractivity contribution in [2.45, 2.75) is 75.3 Å². The first-order valence-corrected chi connectivity index (χ1v) is 14.7. The number of benzene rings is 1. The maximum Gasteiger partial charge on any atom is 0.262 e. The highest BCUT2D eigenvalue weighted by molar-refractivity contribution is 6.23. The molecule has 2 unspecified atom stereocenters. The van der Waals surface area contributed by atoms with Gasteiger partial charge in [-0.3, -0.25) is 34.1 Å². The van der Waals surface area contributed by atoms with Crippen LogP contribution in [0.1, 0.15) is 101 Å². The molecule has 1 aromatic heterocycles. The molecule has 2 N–H and O–H groups in total. The molecule has 210 valence electrons. The Bertz CT molecular complexity index is 1390. The van der Waals surface area contributed by atoms with Crippen LogP contribution in [0.2, 0.25) is 0 Å². The zero-order valence-corrected chi connectivity index (χ0v) is 22.9. The van der Waals surface area contributed by atoms with Crippen LogP contribution >= 0.6 is 0 Å². The minimum absolute atomic E-state index is 0.110. The van der Waals surface area contributed by atoms with Crippen molar-refractivity contribution in [2.24, 2.45) is 5.92 Å². The van der Waals surface area contributed by atoms with Gasteiger partial charge >= 0.3 is 0 Å². The summed E-state index contributed by atoms with van der Waals surface area (Å²) >= 11 is 0.